The molecule has 1 saturated heterocycles. The summed E-state index contributed by atoms with van der Waals surface area (Å²) in [5.74, 6) is 2.28. The minimum absolute atomic E-state index is 0.118. The van der Waals surface area contributed by atoms with Crippen molar-refractivity contribution in [1.82, 2.24) is 14.5 Å². The molecule has 1 aliphatic heterocycles. The summed E-state index contributed by atoms with van der Waals surface area (Å²) in [6.45, 7) is 5.02. The molecule has 1 unspecified atom stereocenters. The second kappa shape index (κ2) is 10.1. The van der Waals surface area contributed by atoms with Crippen molar-refractivity contribution in [2.45, 2.75) is 45.2 Å². The van der Waals surface area contributed by atoms with Crippen LogP contribution in [0.15, 0.2) is 78.9 Å². The number of carbonyl (C=O) groups is 1. The van der Waals surface area contributed by atoms with Crippen molar-refractivity contribution in [2.75, 3.05) is 13.2 Å². The highest BCUT2D eigenvalue weighted by molar-refractivity contribution is 5.81. The summed E-state index contributed by atoms with van der Waals surface area (Å²) in [5.41, 5.74) is 4.52. The van der Waals surface area contributed by atoms with Gasteiger partial charge in [-0.3, -0.25) is 4.79 Å². The first-order valence-corrected chi connectivity index (χ1v) is 12.1. The molecule has 0 aliphatic carbocycles. The Labute approximate surface area is 201 Å². The number of aromatic nitrogens is 2. The van der Waals surface area contributed by atoms with E-state index in [0.29, 0.717) is 26.1 Å². The van der Waals surface area contributed by atoms with E-state index in [1.807, 2.05) is 41.3 Å². The summed E-state index contributed by atoms with van der Waals surface area (Å²) < 4.78 is 8.26. The van der Waals surface area contributed by atoms with E-state index in [9.17, 15) is 4.79 Å². The number of rotatable bonds is 9. The smallest absolute Gasteiger partial charge is 0.223 e. The number of hydrogen-bond donors (Lipinski definition) is 0. The number of benzene rings is 3. The maximum Gasteiger partial charge on any atom is 0.223 e. The van der Waals surface area contributed by atoms with Crippen LogP contribution < -0.4 is 4.74 Å². The topological polar surface area (TPSA) is 47.4 Å². The SMILES string of the molecule is Cc1cccc(OCCCCn2c(C3CC(=O)N(Cc4ccccc4)C3)nc3ccccc32)c1. The summed E-state index contributed by atoms with van der Waals surface area (Å²) in [5, 5.41) is 0. The lowest BCUT2D eigenvalue weighted by atomic mass is 10.1. The molecule has 0 radical (unpaired) electrons. The maximum atomic E-state index is 12.8. The number of amides is 1. The third-order valence-electron chi connectivity index (χ3n) is 6.51. The number of imidazole rings is 1. The van der Waals surface area contributed by atoms with Crippen LogP contribution in [0.4, 0.5) is 0 Å². The Bertz CT molecular complexity index is 1260. The minimum atomic E-state index is 0.118. The molecule has 34 heavy (non-hydrogen) atoms. The van der Waals surface area contributed by atoms with Crippen molar-refractivity contribution >= 4 is 16.9 Å². The van der Waals surface area contributed by atoms with Gasteiger partial charge in [0.05, 0.1) is 17.6 Å². The van der Waals surface area contributed by atoms with Crippen LogP contribution in [0.5, 0.6) is 5.75 Å². The molecule has 3 aromatic carbocycles. The van der Waals surface area contributed by atoms with Gasteiger partial charge in [0, 0.05) is 32.0 Å². The van der Waals surface area contributed by atoms with Crippen LogP contribution in [0.3, 0.4) is 0 Å². The second-order valence-corrected chi connectivity index (χ2v) is 9.14. The number of unbranched alkanes of at least 4 members (excludes halogenated alkanes) is 1. The molecular formula is C29H31N3O2. The van der Waals surface area contributed by atoms with Crippen molar-refractivity contribution in [3.05, 3.63) is 95.8 Å². The lowest BCUT2D eigenvalue weighted by molar-refractivity contribution is -0.128. The van der Waals surface area contributed by atoms with Gasteiger partial charge in [0.1, 0.15) is 11.6 Å². The molecule has 0 N–H and O–H groups in total. The van der Waals surface area contributed by atoms with Gasteiger partial charge in [-0.05, 0) is 55.2 Å². The van der Waals surface area contributed by atoms with Crippen LogP contribution in [0.2, 0.25) is 0 Å². The molecule has 1 atom stereocenters. The molecule has 0 saturated carbocycles. The van der Waals surface area contributed by atoms with E-state index in [-0.39, 0.29) is 11.8 Å². The van der Waals surface area contributed by atoms with E-state index in [1.165, 1.54) is 11.1 Å². The molecule has 2 heterocycles. The van der Waals surface area contributed by atoms with Crippen LogP contribution in [0.25, 0.3) is 11.0 Å². The van der Waals surface area contributed by atoms with Gasteiger partial charge in [0.15, 0.2) is 0 Å². The van der Waals surface area contributed by atoms with Crippen LogP contribution in [0, 0.1) is 6.92 Å². The second-order valence-electron chi connectivity index (χ2n) is 9.14. The molecule has 1 aliphatic rings. The quantitative estimate of drug-likeness (QED) is 0.305. The number of para-hydroxylation sites is 2. The van der Waals surface area contributed by atoms with Crippen LogP contribution in [-0.4, -0.2) is 33.5 Å². The fourth-order valence-corrected chi connectivity index (χ4v) is 4.81. The Morgan fingerprint density at radius 2 is 1.79 bits per heavy atom. The molecule has 174 valence electrons. The lowest BCUT2D eigenvalue weighted by Crippen LogP contribution is -2.24. The minimum Gasteiger partial charge on any atom is -0.494 e. The normalized spacial score (nSPS) is 15.9. The number of carbonyl (C=O) groups excluding carboxylic acids is 1. The van der Waals surface area contributed by atoms with Crippen molar-refractivity contribution < 1.29 is 9.53 Å². The molecule has 1 aromatic heterocycles. The summed E-state index contributed by atoms with van der Waals surface area (Å²) in [6.07, 6.45) is 2.48. The largest absolute Gasteiger partial charge is 0.494 e. The molecule has 1 amide bonds. The highest BCUT2D eigenvalue weighted by Gasteiger charge is 2.33. The predicted molar refractivity (Wildman–Crippen MR) is 135 cm³/mol. The summed E-state index contributed by atoms with van der Waals surface area (Å²) in [4.78, 5) is 19.8. The Balaban J connectivity index is 1.26. The lowest BCUT2D eigenvalue weighted by Gasteiger charge is -2.17. The number of fused-ring (bicyclic) bond motifs is 1. The Kier molecular flexibility index (Phi) is 6.61. The first-order chi connectivity index (χ1) is 16.7. The first-order valence-electron chi connectivity index (χ1n) is 12.1. The number of nitrogens with zero attached hydrogens (tertiary/aromatic N) is 3. The average molecular weight is 454 g/mol. The van der Waals surface area contributed by atoms with Crippen molar-refractivity contribution in [3.8, 4) is 5.75 Å². The third kappa shape index (κ3) is 4.98. The molecular weight excluding hydrogens is 422 g/mol. The van der Waals surface area contributed by atoms with Crippen LogP contribution in [0.1, 0.15) is 42.1 Å². The van der Waals surface area contributed by atoms with E-state index in [2.05, 4.69) is 54.0 Å². The molecule has 5 nitrogen and oxygen atoms in total. The van der Waals surface area contributed by atoms with Gasteiger partial charge < -0.3 is 14.2 Å². The molecule has 5 heteroatoms. The van der Waals surface area contributed by atoms with E-state index < -0.39 is 0 Å². The average Bonchev–Trinajstić information content (AvgIpc) is 3.40. The highest BCUT2D eigenvalue weighted by Crippen LogP contribution is 2.31. The monoisotopic (exact) mass is 453 g/mol. The van der Waals surface area contributed by atoms with E-state index >= 15 is 0 Å². The van der Waals surface area contributed by atoms with Crippen molar-refractivity contribution in [2.24, 2.45) is 0 Å². The molecule has 4 aromatic rings. The van der Waals surface area contributed by atoms with E-state index in [0.717, 1.165) is 42.0 Å². The Morgan fingerprint density at radius 3 is 2.65 bits per heavy atom. The number of aryl methyl sites for hydroxylation is 2. The zero-order valence-corrected chi connectivity index (χ0v) is 19.7. The maximum absolute atomic E-state index is 12.8. The summed E-state index contributed by atoms with van der Waals surface area (Å²) in [7, 11) is 0. The van der Waals surface area contributed by atoms with Crippen LogP contribution >= 0.6 is 0 Å². The number of hydrogen-bond acceptors (Lipinski definition) is 3. The van der Waals surface area contributed by atoms with E-state index in [1.54, 1.807) is 0 Å². The zero-order chi connectivity index (χ0) is 23.3. The van der Waals surface area contributed by atoms with Gasteiger partial charge in [0.25, 0.3) is 0 Å². The summed E-state index contributed by atoms with van der Waals surface area (Å²) in [6, 6.07) is 26.7. The molecule has 1 fully saturated rings. The van der Waals surface area contributed by atoms with Gasteiger partial charge in [-0.2, -0.15) is 0 Å². The Morgan fingerprint density at radius 1 is 0.971 bits per heavy atom. The third-order valence-corrected chi connectivity index (χ3v) is 6.51. The fourth-order valence-electron chi connectivity index (χ4n) is 4.81. The molecule has 5 rings (SSSR count). The van der Waals surface area contributed by atoms with Gasteiger partial charge in [-0.1, -0.05) is 54.6 Å². The van der Waals surface area contributed by atoms with Gasteiger partial charge in [-0.15, -0.1) is 0 Å². The zero-order valence-electron chi connectivity index (χ0n) is 19.7. The van der Waals surface area contributed by atoms with Gasteiger partial charge in [0.2, 0.25) is 5.91 Å². The van der Waals surface area contributed by atoms with E-state index in [4.69, 9.17) is 9.72 Å². The van der Waals surface area contributed by atoms with Gasteiger partial charge >= 0.3 is 0 Å². The summed E-state index contributed by atoms with van der Waals surface area (Å²) >= 11 is 0. The van der Waals surface area contributed by atoms with Crippen LogP contribution in [-0.2, 0) is 17.9 Å². The van der Waals surface area contributed by atoms with Gasteiger partial charge in [-0.25, -0.2) is 4.98 Å². The van der Waals surface area contributed by atoms with Crippen molar-refractivity contribution in [1.29, 1.82) is 0 Å². The number of ether oxygens (including phenoxy) is 1. The Hall–Kier alpha value is -3.60. The molecule has 0 spiro atoms. The fraction of sp³-hybridized carbons (Fsp3) is 0.310. The predicted octanol–water partition coefficient (Wildman–Crippen LogP) is 5.72. The molecule has 0 bridgehead atoms. The standard InChI is InChI=1S/C29H31N3O2/c1-22-10-9-13-25(18-22)34-17-8-7-16-32-27-15-6-5-14-26(27)30-29(32)24-19-28(33)31(21-24)20-23-11-3-2-4-12-23/h2-6,9-15,18,24H,7-8,16-17,19-21H2,1H3. The number of likely N-dealkylation sites (tertiary alicyclic amines) is 1. The first kappa shape index (κ1) is 22.2. The van der Waals surface area contributed by atoms with Crippen molar-refractivity contribution in [3.63, 3.8) is 0 Å². The highest BCUT2D eigenvalue weighted by atomic mass is 16.5.